The average molecular weight is 226 g/mol. The van der Waals surface area contributed by atoms with E-state index in [4.69, 9.17) is 10.2 Å². The molecule has 1 aromatic rings. The molecule has 0 saturated heterocycles. The maximum absolute atomic E-state index is 10.8. The predicted octanol–water partition coefficient (Wildman–Crippen LogP) is 1.84. The molecular weight excluding hydrogens is 212 g/mol. The number of carbonyl (C=O) groups is 1. The molecule has 1 unspecified atom stereocenters. The van der Waals surface area contributed by atoms with E-state index in [1.165, 1.54) is 11.8 Å². The molecule has 0 fully saturated rings. The van der Waals surface area contributed by atoms with Crippen molar-refractivity contribution in [3.05, 3.63) is 29.3 Å². The van der Waals surface area contributed by atoms with E-state index in [-0.39, 0.29) is 6.61 Å². The maximum atomic E-state index is 10.8. The van der Waals surface area contributed by atoms with Gasteiger partial charge in [-0.15, -0.1) is 11.8 Å². The number of benzene rings is 1. The van der Waals surface area contributed by atoms with Crippen LogP contribution in [0.4, 0.5) is 0 Å². The van der Waals surface area contributed by atoms with Crippen molar-refractivity contribution < 1.29 is 15.0 Å². The highest BCUT2D eigenvalue weighted by atomic mass is 32.2. The number of carboxylic acids is 1. The van der Waals surface area contributed by atoms with Gasteiger partial charge in [0.1, 0.15) is 5.25 Å². The summed E-state index contributed by atoms with van der Waals surface area (Å²) in [6.45, 7) is 3.53. The lowest BCUT2D eigenvalue weighted by molar-refractivity contribution is -0.137. The number of aliphatic hydroxyl groups is 1. The molecule has 2 N–H and O–H groups in total. The molecule has 0 aliphatic heterocycles. The van der Waals surface area contributed by atoms with Crippen LogP contribution in [0.2, 0.25) is 0 Å². The van der Waals surface area contributed by atoms with Crippen molar-refractivity contribution in [2.75, 3.05) is 6.61 Å². The van der Waals surface area contributed by atoms with Crippen LogP contribution in [-0.2, 0) is 4.79 Å². The summed E-state index contributed by atoms with van der Waals surface area (Å²) in [5.41, 5.74) is 2.12. The fourth-order valence-corrected chi connectivity index (χ4v) is 2.14. The molecule has 0 aliphatic carbocycles. The van der Waals surface area contributed by atoms with Gasteiger partial charge in [-0.25, -0.2) is 0 Å². The molecule has 1 aromatic carbocycles. The molecule has 1 rings (SSSR count). The molecule has 0 radical (unpaired) electrons. The van der Waals surface area contributed by atoms with E-state index >= 15 is 0 Å². The van der Waals surface area contributed by atoms with Gasteiger partial charge in [0.05, 0.1) is 6.61 Å². The molecule has 3 nitrogen and oxygen atoms in total. The number of aryl methyl sites for hydroxylation is 2. The summed E-state index contributed by atoms with van der Waals surface area (Å²) in [5.74, 6) is -0.983. The quantitative estimate of drug-likeness (QED) is 0.769. The second kappa shape index (κ2) is 5.19. The Morgan fingerprint density at radius 2 is 2.13 bits per heavy atom. The highest BCUT2D eigenvalue weighted by Crippen LogP contribution is 2.27. The molecule has 0 aliphatic rings. The Bertz CT molecular complexity index is 363. The lowest BCUT2D eigenvalue weighted by Gasteiger charge is -2.11. The third kappa shape index (κ3) is 3.25. The number of aliphatic carboxylic acids is 1. The monoisotopic (exact) mass is 226 g/mol. The van der Waals surface area contributed by atoms with Gasteiger partial charge >= 0.3 is 5.97 Å². The van der Waals surface area contributed by atoms with Crippen molar-refractivity contribution in [1.29, 1.82) is 0 Å². The van der Waals surface area contributed by atoms with Crippen LogP contribution in [0, 0.1) is 13.8 Å². The Labute approximate surface area is 93.1 Å². The first-order chi connectivity index (χ1) is 7.04. The molecule has 0 bridgehead atoms. The Kier molecular flexibility index (Phi) is 4.17. The summed E-state index contributed by atoms with van der Waals surface area (Å²) in [4.78, 5) is 11.7. The third-order valence-electron chi connectivity index (χ3n) is 2.05. The van der Waals surface area contributed by atoms with Crippen molar-refractivity contribution >= 4 is 17.7 Å². The van der Waals surface area contributed by atoms with Crippen molar-refractivity contribution in [2.24, 2.45) is 0 Å². The Morgan fingerprint density at radius 1 is 1.47 bits per heavy atom. The molecule has 0 spiro atoms. The van der Waals surface area contributed by atoms with Crippen LogP contribution in [-0.4, -0.2) is 28.0 Å². The summed E-state index contributed by atoms with van der Waals surface area (Å²) in [5, 5.41) is 16.9. The molecule has 0 saturated carbocycles. The van der Waals surface area contributed by atoms with Gasteiger partial charge in [0.2, 0.25) is 0 Å². The number of hydrogen-bond acceptors (Lipinski definition) is 3. The molecule has 15 heavy (non-hydrogen) atoms. The van der Waals surface area contributed by atoms with Crippen LogP contribution in [0.1, 0.15) is 11.1 Å². The summed E-state index contributed by atoms with van der Waals surface area (Å²) < 4.78 is 0. The van der Waals surface area contributed by atoms with Crippen LogP contribution in [0.15, 0.2) is 23.1 Å². The number of thioether (sulfide) groups is 1. The summed E-state index contributed by atoms with van der Waals surface area (Å²) >= 11 is 1.19. The first-order valence-corrected chi connectivity index (χ1v) is 5.50. The van der Waals surface area contributed by atoms with E-state index in [9.17, 15) is 4.79 Å². The summed E-state index contributed by atoms with van der Waals surface area (Å²) in [6.07, 6.45) is 0. The smallest absolute Gasteiger partial charge is 0.319 e. The third-order valence-corrected chi connectivity index (χ3v) is 3.38. The summed E-state index contributed by atoms with van der Waals surface area (Å²) in [7, 11) is 0. The van der Waals surface area contributed by atoms with Crippen LogP contribution >= 0.6 is 11.8 Å². The first kappa shape index (κ1) is 12.1. The molecule has 82 valence electrons. The minimum Gasteiger partial charge on any atom is -0.480 e. The minimum atomic E-state index is -0.983. The van der Waals surface area contributed by atoms with Gasteiger partial charge in [-0.1, -0.05) is 17.7 Å². The molecule has 1 atom stereocenters. The minimum absolute atomic E-state index is 0.354. The van der Waals surface area contributed by atoms with Gasteiger partial charge in [-0.2, -0.15) is 0 Å². The van der Waals surface area contributed by atoms with E-state index in [2.05, 4.69) is 0 Å². The van der Waals surface area contributed by atoms with E-state index in [0.717, 1.165) is 16.0 Å². The summed E-state index contributed by atoms with van der Waals surface area (Å²) in [6, 6.07) is 5.87. The van der Waals surface area contributed by atoms with Crippen LogP contribution in [0.5, 0.6) is 0 Å². The average Bonchev–Trinajstić information content (AvgIpc) is 2.18. The van der Waals surface area contributed by atoms with E-state index < -0.39 is 11.2 Å². The van der Waals surface area contributed by atoms with Crippen LogP contribution < -0.4 is 0 Å². The normalized spacial score (nSPS) is 12.5. The van der Waals surface area contributed by atoms with Crippen LogP contribution in [0.25, 0.3) is 0 Å². The molecule has 0 aromatic heterocycles. The lowest BCUT2D eigenvalue weighted by Crippen LogP contribution is -2.20. The van der Waals surface area contributed by atoms with Crippen molar-refractivity contribution in [3.63, 3.8) is 0 Å². The Balaban J connectivity index is 2.87. The second-order valence-corrected chi connectivity index (χ2v) is 4.64. The van der Waals surface area contributed by atoms with Crippen molar-refractivity contribution in [1.82, 2.24) is 0 Å². The zero-order valence-corrected chi connectivity index (χ0v) is 9.54. The van der Waals surface area contributed by atoms with Crippen molar-refractivity contribution in [3.8, 4) is 0 Å². The SMILES string of the molecule is Cc1ccc(C)c(SC(CO)C(=O)O)c1. The molecule has 4 heteroatoms. The molecule has 0 amide bonds. The van der Waals surface area contributed by atoms with Gasteiger partial charge in [0.25, 0.3) is 0 Å². The fourth-order valence-electron chi connectivity index (χ4n) is 1.15. The molecule has 0 heterocycles. The highest BCUT2D eigenvalue weighted by Gasteiger charge is 2.18. The second-order valence-electron chi connectivity index (χ2n) is 3.40. The fraction of sp³-hybridized carbons (Fsp3) is 0.364. The Hall–Kier alpha value is -1.00. The first-order valence-electron chi connectivity index (χ1n) is 4.62. The van der Waals surface area contributed by atoms with Gasteiger partial charge in [-0.3, -0.25) is 4.79 Å². The van der Waals surface area contributed by atoms with Crippen molar-refractivity contribution in [2.45, 2.75) is 24.0 Å². The lowest BCUT2D eigenvalue weighted by atomic mass is 10.2. The van der Waals surface area contributed by atoms with Gasteiger partial charge in [0.15, 0.2) is 0 Å². The largest absolute Gasteiger partial charge is 0.480 e. The number of carboxylic acid groups (broad SMARTS) is 1. The van der Waals surface area contributed by atoms with E-state index in [1.54, 1.807) is 0 Å². The standard InChI is InChI=1S/C11H14O3S/c1-7-3-4-8(2)9(5-7)15-10(6-12)11(13)14/h3-5,10,12H,6H2,1-2H3,(H,13,14). The zero-order chi connectivity index (χ0) is 11.4. The van der Waals surface area contributed by atoms with Gasteiger partial charge in [0, 0.05) is 4.90 Å². The zero-order valence-electron chi connectivity index (χ0n) is 8.73. The van der Waals surface area contributed by atoms with E-state index in [1.807, 2.05) is 32.0 Å². The Morgan fingerprint density at radius 3 is 2.67 bits per heavy atom. The number of aliphatic hydroxyl groups excluding tert-OH is 1. The van der Waals surface area contributed by atoms with E-state index in [0.29, 0.717) is 0 Å². The number of rotatable bonds is 4. The number of hydrogen-bond donors (Lipinski definition) is 2. The highest BCUT2D eigenvalue weighted by molar-refractivity contribution is 8.00. The molecular formula is C11H14O3S. The topological polar surface area (TPSA) is 57.5 Å². The van der Waals surface area contributed by atoms with Gasteiger partial charge < -0.3 is 10.2 Å². The van der Waals surface area contributed by atoms with Crippen LogP contribution in [0.3, 0.4) is 0 Å². The van der Waals surface area contributed by atoms with Gasteiger partial charge in [-0.05, 0) is 25.5 Å². The predicted molar refractivity (Wildman–Crippen MR) is 60.3 cm³/mol. The maximum Gasteiger partial charge on any atom is 0.319 e.